The summed E-state index contributed by atoms with van der Waals surface area (Å²) in [5.41, 5.74) is 0. The molecule has 2 aliphatic rings. The molecule has 16 heavy (non-hydrogen) atoms. The molecule has 0 radical (unpaired) electrons. The smallest absolute Gasteiger partial charge is 0.241 e. The number of hydrogen-bond acceptors (Lipinski definition) is 5. The minimum atomic E-state index is -2.91. The minimum absolute atomic E-state index is 0.0158. The van der Waals surface area contributed by atoms with Gasteiger partial charge in [-0.1, -0.05) is 0 Å². The summed E-state index contributed by atoms with van der Waals surface area (Å²) in [7, 11) is -2.91. The number of piperazine rings is 1. The van der Waals surface area contributed by atoms with Gasteiger partial charge in [0.1, 0.15) is 0 Å². The largest absolute Gasteiger partial charge is 0.339 e. The minimum Gasteiger partial charge on any atom is -0.339 e. The van der Waals surface area contributed by atoms with Crippen molar-refractivity contribution in [2.75, 3.05) is 44.2 Å². The molecular weight excluding hydrogens is 230 g/mol. The van der Waals surface area contributed by atoms with Crippen LogP contribution in [0.1, 0.15) is 0 Å². The van der Waals surface area contributed by atoms with Crippen LogP contribution in [0.3, 0.4) is 0 Å². The number of rotatable bonds is 1. The lowest BCUT2D eigenvalue weighted by Gasteiger charge is -2.32. The molecule has 0 aliphatic carbocycles. The van der Waals surface area contributed by atoms with Crippen molar-refractivity contribution in [1.29, 1.82) is 0 Å². The van der Waals surface area contributed by atoms with E-state index in [-0.39, 0.29) is 23.5 Å². The second-order valence-corrected chi connectivity index (χ2v) is 6.49. The highest BCUT2D eigenvalue weighted by Gasteiger charge is 2.30. The fraction of sp³-hybridized carbons (Fsp3) is 0.889. The standard InChI is InChI=1S/C9H17N3O3S/c13-9(8-7-10-1-2-11-8)12-3-5-16(14,15)6-4-12/h8,10-11H,1-7H2. The Kier molecular flexibility index (Phi) is 3.46. The van der Waals surface area contributed by atoms with Crippen LogP contribution in [0.5, 0.6) is 0 Å². The van der Waals surface area contributed by atoms with Crippen molar-refractivity contribution in [3.63, 3.8) is 0 Å². The van der Waals surface area contributed by atoms with E-state index in [4.69, 9.17) is 0 Å². The molecule has 0 saturated carbocycles. The number of carbonyl (C=O) groups is 1. The normalized spacial score (nSPS) is 30.0. The highest BCUT2D eigenvalue weighted by atomic mass is 32.2. The molecule has 0 spiro atoms. The Morgan fingerprint density at radius 2 is 1.88 bits per heavy atom. The van der Waals surface area contributed by atoms with Crippen molar-refractivity contribution in [2.45, 2.75) is 6.04 Å². The SMILES string of the molecule is O=C(C1CNCCN1)N1CCS(=O)(=O)CC1. The number of amides is 1. The highest BCUT2D eigenvalue weighted by molar-refractivity contribution is 7.91. The maximum Gasteiger partial charge on any atom is 0.241 e. The van der Waals surface area contributed by atoms with Gasteiger partial charge in [-0.3, -0.25) is 4.79 Å². The molecule has 92 valence electrons. The number of nitrogens with zero attached hydrogens (tertiary/aromatic N) is 1. The summed E-state index contributed by atoms with van der Waals surface area (Å²) in [4.78, 5) is 13.6. The number of nitrogens with one attached hydrogen (secondary N) is 2. The van der Waals surface area contributed by atoms with Crippen molar-refractivity contribution in [3.05, 3.63) is 0 Å². The predicted molar refractivity (Wildman–Crippen MR) is 59.9 cm³/mol. The first-order valence-electron chi connectivity index (χ1n) is 5.52. The Labute approximate surface area is 95.3 Å². The molecule has 0 bridgehead atoms. The van der Waals surface area contributed by atoms with Gasteiger partial charge in [-0.2, -0.15) is 0 Å². The summed E-state index contributed by atoms with van der Waals surface area (Å²) in [5.74, 6) is 0.208. The zero-order chi connectivity index (χ0) is 11.6. The van der Waals surface area contributed by atoms with Gasteiger partial charge < -0.3 is 15.5 Å². The first-order chi connectivity index (χ1) is 7.58. The van der Waals surface area contributed by atoms with Gasteiger partial charge in [-0.15, -0.1) is 0 Å². The van der Waals surface area contributed by atoms with Gasteiger partial charge in [-0.05, 0) is 0 Å². The number of sulfone groups is 1. The molecule has 7 heteroatoms. The summed E-state index contributed by atoms with van der Waals surface area (Å²) in [6.45, 7) is 2.95. The maximum atomic E-state index is 12.0. The first-order valence-corrected chi connectivity index (χ1v) is 7.34. The number of hydrogen-bond donors (Lipinski definition) is 2. The third kappa shape index (κ3) is 2.72. The molecule has 2 heterocycles. The molecule has 0 aromatic rings. The average Bonchev–Trinajstić information content (AvgIpc) is 2.29. The van der Waals surface area contributed by atoms with Gasteiger partial charge in [0.25, 0.3) is 0 Å². The molecule has 2 fully saturated rings. The van der Waals surface area contributed by atoms with Crippen LogP contribution in [0.4, 0.5) is 0 Å². The molecule has 2 saturated heterocycles. The quantitative estimate of drug-likeness (QED) is 0.550. The molecule has 1 amide bonds. The monoisotopic (exact) mass is 247 g/mol. The van der Waals surface area contributed by atoms with Crippen molar-refractivity contribution >= 4 is 15.7 Å². The van der Waals surface area contributed by atoms with Crippen LogP contribution in [-0.2, 0) is 14.6 Å². The van der Waals surface area contributed by atoms with Gasteiger partial charge in [-0.25, -0.2) is 8.42 Å². The van der Waals surface area contributed by atoms with E-state index < -0.39 is 9.84 Å². The van der Waals surface area contributed by atoms with Crippen molar-refractivity contribution < 1.29 is 13.2 Å². The summed E-state index contributed by atoms with van der Waals surface area (Å²) in [5, 5.41) is 6.28. The third-order valence-electron chi connectivity index (χ3n) is 3.00. The molecule has 2 aliphatic heterocycles. The lowest BCUT2D eigenvalue weighted by Crippen LogP contribution is -2.58. The molecule has 1 unspecified atom stereocenters. The van der Waals surface area contributed by atoms with Crippen molar-refractivity contribution in [3.8, 4) is 0 Å². The molecule has 6 nitrogen and oxygen atoms in total. The zero-order valence-electron chi connectivity index (χ0n) is 9.11. The van der Waals surface area contributed by atoms with Gasteiger partial charge in [0.2, 0.25) is 5.91 Å². The first kappa shape index (κ1) is 11.8. The summed E-state index contributed by atoms with van der Waals surface area (Å²) in [6, 6.07) is -0.199. The topological polar surface area (TPSA) is 78.5 Å². The fourth-order valence-electron chi connectivity index (χ4n) is 1.98. The van der Waals surface area contributed by atoms with Gasteiger partial charge in [0.05, 0.1) is 17.5 Å². The van der Waals surface area contributed by atoms with Crippen molar-refractivity contribution in [2.24, 2.45) is 0 Å². The van der Waals surface area contributed by atoms with Crippen LogP contribution in [0.15, 0.2) is 0 Å². The van der Waals surface area contributed by atoms with Crippen LogP contribution < -0.4 is 10.6 Å². The molecule has 2 N–H and O–H groups in total. The van der Waals surface area contributed by atoms with E-state index in [2.05, 4.69) is 10.6 Å². The highest BCUT2D eigenvalue weighted by Crippen LogP contribution is 2.06. The Morgan fingerprint density at radius 3 is 2.44 bits per heavy atom. The molecule has 0 aromatic carbocycles. The van der Waals surface area contributed by atoms with Crippen LogP contribution in [0.25, 0.3) is 0 Å². The third-order valence-corrected chi connectivity index (χ3v) is 4.60. The Bertz CT molecular complexity index is 348. The summed E-state index contributed by atoms with van der Waals surface area (Å²) in [6.07, 6.45) is 0. The lowest BCUT2D eigenvalue weighted by molar-refractivity contribution is -0.133. The van der Waals surface area contributed by atoms with E-state index in [9.17, 15) is 13.2 Å². The van der Waals surface area contributed by atoms with E-state index in [0.717, 1.165) is 13.1 Å². The van der Waals surface area contributed by atoms with E-state index >= 15 is 0 Å². The van der Waals surface area contributed by atoms with E-state index in [0.29, 0.717) is 19.6 Å². The second-order valence-electron chi connectivity index (χ2n) is 4.19. The van der Waals surface area contributed by atoms with Gasteiger partial charge >= 0.3 is 0 Å². The van der Waals surface area contributed by atoms with E-state index in [1.54, 1.807) is 4.90 Å². The predicted octanol–water partition coefficient (Wildman–Crippen LogP) is -2.20. The van der Waals surface area contributed by atoms with E-state index in [1.165, 1.54) is 0 Å². The van der Waals surface area contributed by atoms with Crippen LogP contribution in [0, 0.1) is 0 Å². The van der Waals surface area contributed by atoms with Crippen LogP contribution in [0.2, 0.25) is 0 Å². The fourth-order valence-corrected chi connectivity index (χ4v) is 3.18. The Balaban J connectivity index is 1.90. The van der Waals surface area contributed by atoms with E-state index in [1.807, 2.05) is 0 Å². The van der Waals surface area contributed by atoms with Gasteiger partial charge in [0, 0.05) is 32.7 Å². The molecular formula is C9H17N3O3S. The Morgan fingerprint density at radius 1 is 1.19 bits per heavy atom. The lowest BCUT2D eigenvalue weighted by atomic mass is 10.2. The molecule has 0 aromatic heterocycles. The Hall–Kier alpha value is -0.660. The molecule has 2 rings (SSSR count). The van der Waals surface area contributed by atoms with Crippen molar-refractivity contribution in [1.82, 2.24) is 15.5 Å². The maximum absolute atomic E-state index is 12.0. The van der Waals surface area contributed by atoms with Gasteiger partial charge in [0.15, 0.2) is 9.84 Å². The average molecular weight is 247 g/mol. The molecule has 1 atom stereocenters. The van der Waals surface area contributed by atoms with Crippen LogP contribution in [-0.4, -0.2) is 69.5 Å². The van der Waals surface area contributed by atoms with Crippen LogP contribution >= 0.6 is 0 Å². The summed E-state index contributed by atoms with van der Waals surface area (Å²) >= 11 is 0. The second kappa shape index (κ2) is 4.68. The number of carbonyl (C=O) groups excluding carboxylic acids is 1. The zero-order valence-corrected chi connectivity index (χ0v) is 9.92. The summed E-state index contributed by atoms with van der Waals surface area (Å²) < 4.78 is 22.5.